The van der Waals surface area contributed by atoms with Gasteiger partial charge in [0.2, 0.25) is 5.91 Å². The summed E-state index contributed by atoms with van der Waals surface area (Å²) in [5.74, 6) is 0.186. The van der Waals surface area contributed by atoms with Crippen LogP contribution in [0, 0.1) is 0 Å². The van der Waals surface area contributed by atoms with E-state index in [0.717, 1.165) is 51.7 Å². The standard InChI is InChI=1S/C15H28N4O2/c1-18(2)15(21)19-10-7-12(8-11-19)16-9-3-4-14(20)17-13-5-6-13/h12-13,16H,3-11H2,1-2H3,(H,17,20). The Morgan fingerprint density at radius 3 is 2.33 bits per heavy atom. The van der Waals surface area contributed by atoms with E-state index in [4.69, 9.17) is 0 Å². The normalized spacial score (nSPS) is 19.4. The molecule has 2 rings (SSSR count). The van der Waals surface area contributed by atoms with Crippen molar-refractivity contribution >= 4 is 11.9 Å². The Bertz CT molecular complexity index is 361. The van der Waals surface area contributed by atoms with Gasteiger partial charge in [0, 0.05) is 45.7 Å². The zero-order valence-corrected chi connectivity index (χ0v) is 13.2. The number of carbonyl (C=O) groups is 2. The topological polar surface area (TPSA) is 64.7 Å². The third-order valence-electron chi connectivity index (χ3n) is 4.10. The van der Waals surface area contributed by atoms with Crippen molar-refractivity contribution in [1.29, 1.82) is 0 Å². The lowest BCUT2D eigenvalue weighted by molar-refractivity contribution is -0.121. The second-order valence-electron chi connectivity index (χ2n) is 6.34. The molecule has 1 aliphatic carbocycles. The molecule has 0 unspecified atom stereocenters. The first-order chi connectivity index (χ1) is 10.1. The lowest BCUT2D eigenvalue weighted by Gasteiger charge is -2.34. The van der Waals surface area contributed by atoms with Gasteiger partial charge in [-0.25, -0.2) is 4.79 Å². The van der Waals surface area contributed by atoms with Crippen LogP contribution in [-0.2, 0) is 4.79 Å². The van der Waals surface area contributed by atoms with E-state index in [0.29, 0.717) is 18.5 Å². The first-order valence-corrected chi connectivity index (χ1v) is 8.05. The van der Waals surface area contributed by atoms with Crippen LogP contribution in [0.15, 0.2) is 0 Å². The third-order valence-corrected chi connectivity index (χ3v) is 4.10. The van der Waals surface area contributed by atoms with E-state index < -0.39 is 0 Å². The van der Waals surface area contributed by atoms with Crippen molar-refractivity contribution < 1.29 is 9.59 Å². The quantitative estimate of drug-likeness (QED) is 0.712. The van der Waals surface area contributed by atoms with Crippen LogP contribution in [0.3, 0.4) is 0 Å². The van der Waals surface area contributed by atoms with Crippen LogP contribution in [0.5, 0.6) is 0 Å². The highest BCUT2D eigenvalue weighted by molar-refractivity contribution is 5.76. The molecule has 1 aliphatic heterocycles. The molecule has 0 atom stereocenters. The Labute approximate surface area is 127 Å². The molecule has 0 spiro atoms. The third kappa shape index (κ3) is 5.53. The number of urea groups is 1. The number of rotatable bonds is 6. The summed E-state index contributed by atoms with van der Waals surface area (Å²) in [4.78, 5) is 26.9. The van der Waals surface area contributed by atoms with E-state index in [9.17, 15) is 9.59 Å². The van der Waals surface area contributed by atoms with Gasteiger partial charge in [0.05, 0.1) is 0 Å². The zero-order chi connectivity index (χ0) is 15.2. The van der Waals surface area contributed by atoms with Gasteiger partial charge in [-0.3, -0.25) is 4.79 Å². The lowest BCUT2D eigenvalue weighted by atomic mass is 10.1. The summed E-state index contributed by atoms with van der Waals surface area (Å²) in [6.07, 6.45) is 5.78. The number of piperidine rings is 1. The molecule has 21 heavy (non-hydrogen) atoms. The molecule has 120 valence electrons. The van der Waals surface area contributed by atoms with Gasteiger partial charge in [0.1, 0.15) is 0 Å². The molecule has 0 radical (unpaired) electrons. The smallest absolute Gasteiger partial charge is 0.319 e. The molecule has 0 aromatic carbocycles. The van der Waals surface area contributed by atoms with Crippen molar-refractivity contribution in [3.8, 4) is 0 Å². The van der Waals surface area contributed by atoms with Gasteiger partial charge in [-0.05, 0) is 38.6 Å². The number of hydrogen-bond acceptors (Lipinski definition) is 3. The second-order valence-corrected chi connectivity index (χ2v) is 6.34. The fraction of sp³-hybridized carbons (Fsp3) is 0.867. The van der Waals surface area contributed by atoms with Gasteiger partial charge in [0.25, 0.3) is 0 Å². The number of nitrogens with one attached hydrogen (secondary N) is 2. The molecule has 0 aromatic rings. The average molecular weight is 296 g/mol. The summed E-state index contributed by atoms with van der Waals surface area (Å²) >= 11 is 0. The second kappa shape index (κ2) is 7.64. The summed E-state index contributed by atoms with van der Waals surface area (Å²) in [7, 11) is 3.58. The minimum absolute atomic E-state index is 0.102. The van der Waals surface area contributed by atoms with Crippen molar-refractivity contribution in [2.24, 2.45) is 0 Å². The van der Waals surface area contributed by atoms with Crippen LogP contribution >= 0.6 is 0 Å². The highest BCUT2D eigenvalue weighted by atomic mass is 16.2. The van der Waals surface area contributed by atoms with E-state index in [1.54, 1.807) is 19.0 Å². The molecule has 0 aromatic heterocycles. The molecular formula is C15H28N4O2. The zero-order valence-electron chi connectivity index (χ0n) is 13.2. The molecule has 6 nitrogen and oxygen atoms in total. The maximum Gasteiger partial charge on any atom is 0.319 e. The van der Waals surface area contributed by atoms with Crippen molar-refractivity contribution in [2.75, 3.05) is 33.7 Å². The predicted octanol–water partition coefficient (Wildman–Crippen LogP) is 0.781. The Morgan fingerprint density at radius 2 is 1.76 bits per heavy atom. The Kier molecular flexibility index (Phi) is 5.85. The van der Waals surface area contributed by atoms with Crippen LogP contribution in [-0.4, -0.2) is 67.6 Å². The highest BCUT2D eigenvalue weighted by Crippen LogP contribution is 2.18. The van der Waals surface area contributed by atoms with Gasteiger partial charge in [-0.2, -0.15) is 0 Å². The summed E-state index contributed by atoms with van der Waals surface area (Å²) in [5, 5.41) is 6.51. The minimum atomic E-state index is 0.102. The molecule has 1 saturated heterocycles. The van der Waals surface area contributed by atoms with E-state index in [2.05, 4.69) is 10.6 Å². The van der Waals surface area contributed by atoms with Crippen LogP contribution in [0.2, 0.25) is 0 Å². The maximum absolute atomic E-state index is 11.8. The van der Waals surface area contributed by atoms with Crippen molar-refractivity contribution in [1.82, 2.24) is 20.4 Å². The fourth-order valence-corrected chi connectivity index (χ4v) is 2.64. The Morgan fingerprint density at radius 1 is 1.10 bits per heavy atom. The minimum Gasteiger partial charge on any atom is -0.353 e. The van der Waals surface area contributed by atoms with E-state index in [1.165, 1.54) is 0 Å². The van der Waals surface area contributed by atoms with Gasteiger partial charge in [0.15, 0.2) is 0 Å². The van der Waals surface area contributed by atoms with Gasteiger partial charge in [-0.15, -0.1) is 0 Å². The van der Waals surface area contributed by atoms with Gasteiger partial charge >= 0.3 is 6.03 Å². The number of amides is 3. The first kappa shape index (κ1) is 16.1. The van der Waals surface area contributed by atoms with Gasteiger partial charge < -0.3 is 20.4 Å². The summed E-state index contributed by atoms with van der Waals surface area (Å²) < 4.78 is 0. The van der Waals surface area contributed by atoms with Crippen molar-refractivity contribution in [3.63, 3.8) is 0 Å². The lowest BCUT2D eigenvalue weighted by Crippen LogP contribution is -2.48. The van der Waals surface area contributed by atoms with E-state index >= 15 is 0 Å². The molecular weight excluding hydrogens is 268 g/mol. The molecule has 6 heteroatoms. The van der Waals surface area contributed by atoms with Crippen LogP contribution in [0.25, 0.3) is 0 Å². The van der Waals surface area contributed by atoms with Gasteiger partial charge in [-0.1, -0.05) is 0 Å². The molecule has 2 N–H and O–H groups in total. The number of hydrogen-bond donors (Lipinski definition) is 2. The van der Waals surface area contributed by atoms with Crippen LogP contribution in [0.4, 0.5) is 4.79 Å². The number of likely N-dealkylation sites (tertiary alicyclic amines) is 1. The number of nitrogens with zero attached hydrogens (tertiary/aromatic N) is 2. The fourth-order valence-electron chi connectivity index (χ4n) is 2.64. The molecule has 1 heterocycles. The Hall–Kier alpha value is -1.30. The largest absolute Gasteiger partial charge is 0.353 e. The van der Waals surface area contributed by atoms with E-state index in [-0.39, 0.29) is 11.9 Å². The Balaban J connectivity index is 1.52. The summed E-state index contributed by atoms with van der Waals surface area (Å²) in [6, 6.07) is 1.04. The monoisotopic (exact) mass is 296 g/mol. The van der Waals surface area contributed by atoms with E-state index in [1.807, 2.05) is 4.90 Å². The molecule has 2 aliphatic rings. The van der Waals surface area contributed by atoms with Crippen LogP contribution in [0.1, 0.15) is 38.5 Å². The van der Waals surface area contributed by atoms with Crippen molar-refractivity contribution in [3.05, 3.63) is 0 Å². The maximum atomic E-state index is 11.8. The summed E-state index contributed by atoms with van der Waals surface area (Å²) in [5.41, 5.74) is 0. The summed E-state index contributed by atoms with van der Waals surface area (Å²) in [6.45, 7) is 2.51. The molecule has 2 fully saturated rings. The molecule has 1 saturated carbocycles. The molecule has 0 bridgehead atoms. The molecule has 3 amide bonds. The number of carbonyl (C=O) groups excluding carboxylic acids is 2. The predicted molar refractivity (Wildman–Crippen MR) is 82.1 cm³/mol. The van der Waals surface area contributed by atoms with Crippen molar-refractivity contribution in [2.45, 2.75) is 50.6 Å². The highest BCUT2D eigenvalue weighted by Gasteiger charge is 2.24. The average Bonchev–Trinajstić information content (AvgIpc) is 3.27. The first-order valence-electron chi connectivity index (χ1n) is 8.05. The SMILES string of the molecule is CN(C)C(=O)N1CCC(NCCCC(=O)NC2CC2)CC1. The van der Waals surface area contributed by atoms with Crippen LogP contribution < -0.4 is 10.6 Å².